The van der Waals surface area contributed by atoms with Gasteiger partial charge in [-0.3, -0.25) is 10.1 Å². The number of benzene rings is 1. The van der Waals surface area contributed by atoms with E-state index in [1.807, 2.05) is 19.0 Å². The normalized spacial score (nSPS) is 12.7. The minimum atomic E-state index is -1.15. The monoisotopic (exact) mass is 274 g/mol. The Labute approximate surface area is 110 Å². The quantitative estimate of drug-likeness (QED) is 0.830. The average Bonchev–Trinajstić information content (AvgIpc) is 2.25. The van der Waals surface area contributed by atoms with Gasteiger partial charge in [-0.25, -0.2) is 4.39 Å². The lowest BCUT2D eigenvalue weighted by atomic mass is 10.1. The molecule has 0 radical (unpaired) electrons. The third kappa shape index (κ3) is 3.94. The number of hydrogen-bond acceptors (Lipinski definition) is 3. The van der Waals surface area contributed by atoms with E-state index in [4.69, 9.17) is 16.7 Å². The predicted molar refractivity (Wildman–Crippen MR) is 68.3 cm³/mol. The predicted octanol–water partition coefficient (Wildman–Crippen LogP) is 1.76. The van der Waals surface area contributed by atoms with Crippen LogP contribution in [0.25, 0.3) is 0 Å². The Hall–Kier alpha value is -1.17. The fraction of sp³-hybridized carbons (Fsp3) is 0.417. The summed E-state index contributed by atoms with van der Waals surface area (Å²) in [5, 5.41) is 12.0. The van der Waals surface area contributed by atoms with Crippen LogP contribution in [0, 0.1) is 5.82 Å². The summed E-state index contributed by atoms with van der Waals surface area (Å²) in [5.41, 5.74) is -0.0228. The van der Waals surface area contributed by atoms with E-state index in [1.54, 1.807) is 0 Å². The van der Waals surface area contributed by atoms with E-state index in [0.717, 1.165) is 0 Å². The van der Waals surface area contributed by atoms with Crippen molar-refractivity contribution in [1.29, 1.82) is 0 Å². The molecule has 4 nitrogen and oxygen atoms in total. The number of hydrogen-bond donors (Lipinski definition) is 2. The van der Waals surface area contributed by atoms with Crippen LogP contribution < -0.4 is 5.32 Å². The maximum Gasteiger partial charge on any atom is 0.325 e. The first kappa shape index (κ1) is 14.9. The summed E-state index contributed by atoms with van der Waals surface area (Å²) in [6.07, 6.45) is 0. The number of carbonyl (C=O) groups is 1. The van der Waals surface area contributed by atoms with Crippen molar-refractivity contribution in [3.8, 4) is 0 Å². The smallest absolute Gasteiger partial charge is 0.325 e. The van der Waals surface area contributed by atoms with Gasteiger partial charge in [-0.1, -0.05) is 17.7 Å². The van der Waals surface area contributed by atoms with Crippen molar-refractivity contribution in [2.24, 2.45) is 0 Å². The summed E-state index contributed by atoms with van der Waals surface area (Å²) in [7, 11) is 3.74. The van der Waals surface area contributed by atoms with Crippen LogP contribution in [-0.2, 0) is 4.79 Å². The zero-order chi connectivity index (χ0) is 13.7. The average molecular weight is 275 g/mol. The highest BCUT2D eigenvalue weighted by atomic mass is 35.5. The van der Waals surface area contributed by atoms with E-state index in [0.29, 0.717) is 13.1 Å². The molecule has 18 heavy (non-hydrogen) atoms. The van der Waals surface area contributed by atoms with Crippen molar-refractivity contribution in [2.45, 2.75) is 6.04 Å². The lowest BCUT2D eigenvalue weighted by Crippen LogP contribution is -2.34. The van der Waals surface area contributed by atoms with Gasteiger partial charge in [0.25, 0.3) is 0 Å². The van der Waals surface area contributed by atoms with Crippen LogP contribution in [0.15, 0.2) is 18.2 Å². The van der Waals surface area contributed by atoms with Gasteiger partial charge in [0.1, 0.15) is 11.9 Å². The van der Waals surface area contributed by atoms with Crippen molar-refractivity contribution in [3.05, 3.63) is 34.6 Å². The molecule has 1 aromatic carbocycles. The van der Waals surface area contributed by atoms with Gasteiger partial charge in [0, 0.05) is 23.7 Å². The zero-order valence-electron chi connectivity index (χ0n) is 10.3. The van der Waals surface area contributed by atoms with Crippen molar-refractivity contribution < 1.29 is 14.3 Å². The second-order valence-electron chi connectivity index (χ2n) is 4.16. The number of nitrogens with zero attached hydrogens (tertiary/aromatic N) is 1. The highest BCUT2D eigenvalue weighted by Gasteiger charge is 2.24. The molecule has 0 amide bonds. The van der Waals surface area contributed by atoms with Gasteiger partial charge in [0.05, 0.1) is 0 Å². The molecule has 0 aliphatic carbocycles. The van der Waals surface area contributed by atoms with E-state index in [1.165, 1.54) is 18.2 Å². The molecule has 1 aromatic rings. The van der Waals surface area contributed by atoms with Crippen LogP contribution in [0.5, 0.6) is 0 Å². The summed E-state index contributed by atoms with van der Waals surface area (Å²) in [4.78, 5) is 13.1. The Kier molecular flexibility index (Phi) is 5.53. The molecule has 0 bridgehead atoms. The van der Waals surface area contributed by atoms with Crippen LogP contribution in [0.1, 0.15) is 11.6 Å². The maximum absolute atomic E-state index is 13.6. The van der Waals surface area contributed by atoms with Crippen LogP contribution in [-0.4, -0.2) is 43.2 Å². The molecule has 0 aliphatic rings. The highest BCUT2D eigenvalue weighted by molar-refractivity contribution is 6.31. The maximum atomic E-state index is 13.6. The summed E-state index contributed by atoms with van der Waals surface area (Å²) >= 11 is 5.86. The second kappa shape index (κ2) is 6.68. The number of halogens is 2. The minimum Gasteiger partial charge on any atom is -0.480 e. The van der Waals surface area contributed by atoms with Crippen LogP contribution in [0.3, 0.4) is 0 Å². The van der Waals surface area contributed by atoms with Gasteiger partial charge >= 0.3 is 5.97 Å². The molecule has 0 fully saturated rings. The lowest BCUT2D eigenvalue weighted by molar-refractivity contribution is -0.139. The van der Waals surface area contributed by atoms with Gasteiger partial charge in [-0.15, -0.1) is 0 Å². The number of likely N-dealkylation sites (N-methyl/N-ethyl adjacent to an activating group) is 1. The van der Waals surface area contributed by atoms with E-state index < -0.39 is 17.8 Å². The van der Waals surface area contributed by atoms with Gasteiger partial charge in [0.2, 0.25) is 0 Å². The summed E-state index contributed by atoms with van der Waals surface area (Å²) < 4.78 is 13.6. The van der Waals surface area contributed by atoms with E-state index in [-0.39, 0.29) is 10.6 Å². The first-order valence-corrected chi connectivity index (χ1v) is 5.86. The Morgan fingerprint density at radius 1 is 1.56 bits per heavy atom. The molecule has 0 spiro atoms. The molecular formula is C12H16ClFN2O2. The number of aliphatic carboxylic acids is 1. The largest absolute Gasteiger partial charge is 0.480 e. The highest BCUT2D eigenvalue weighted by Crippen LogP contribution is 2.25. The minimum absolute atomic E-state index is 0.0228. The number of carboxylic acid groups (broad SMARTS) is 1. The number of rotatable bonds is 6. The SMILES string of the molecule is CN(C)CCNC(C(=O)O)c1c(F)cccc1Cl. The Morgan fingerprint density at radius 2 is 2.22 bits per heavy atom. The molecule has 0 saturated heterocycles. The first-order chi connectivity index (χ1) is 8.43. The first-order valence-electron chi connectivity index (χ1n) is 5.48. The second-order valence-corrected chi connectivity index (χ2v) is 4.57. The van der Waals surface area contributed by atoms with Crippen LogP contribution in [0.4, 0.5) is 4.39 Å². The van der Waals surface area contributed by atoms with Crippen molar-refractivity contribution in [1.82, 2.24) is 10.2 Å². The molecule has 2 N–H and O–H groups in total. The number of carboxylic acids is 1. The number of nitrogens with one attached hydrogen (secondary N) is 1. The molecule has 1 atom stereocenters. The third-order valence-corrected chi connectivity index (χ3v) is 2.77. The summed E-state index contributed by atoms with van der Waals surface area (Å²) in [6.45, 7) is 1.07. The van der Waals surface area contributed by atoms with Crippen molar-refractivity contribution in [3.63, 3.8) is 0 Å². The summed E-state index contributed by atoms with van der Waals surface area (Å²) in [5.74, 6) is -1.77. The van der Waals surface area contributed by atoms with Gasteiger partial charge in [0.15, 0.2) is 0 Å². The molecule has 0 saturated carbocycles. The van der Waals surface area contributed by atoms with E-state index in [9.17, 15) is 9.18 Å². The standard InChI is InChI=1S/C12H16ClFN2O2/c1-16(2)7-6-15-11(12(17)18)10-8(13)4-3-5-9(10)14/h3-5,11,15H,6-7H2,1-2H3,(H,17,18). The topological polar surface area (TPSA) is 52.6 Å². The molecule has 0 heterocycles. The molecule has 1 unspecified atom stereocenters. The van der Waals surface area contributed by atoms with Crippen LogP contribution in [0.2, 0.25) is 5.02 Å². The molecule has 0 aromatic heterocycles. The Bertz CT molecular complexity index is 406. The fourth-order valence-corrected chi connectivity index (χ4v) is 1.80. The summed E-state index contributed by atoms with van der Waals surface area (Å²) in [6, 6.07) is 2.98. The van der Waals surface area contributed by atoms with Crippen molar-refractivity contribution >= 4 is 17.6 Å². The zero-order valence-corrected chi connectivity index (χ0v) is 11.0. The van der Waals surface area contributed by atoms with Gasteiger partial charge in [-0.05, 0) is 26.2 Å². The molecule has 6 heteroatoms. The third-order valence-electron chi connectivity index (χ3n) is 2.44. The molecular weight excluding hydrogens is 259 g/mol. The molecule has 1 rings (SSSR count). The Morgan fingerprint density at radius 3 is 2.72 bits per heavy atom. The molecule has 0 aliphatic heterocycles. The van der Waals surface area contributed by atoms with Gasteiger partial charge in [-0.2, -0.15) is 0 Å². The van der Waals surface area contributed by atoms with Crippen molar-refractivity contribution in [2.75, 3.05) is 27.2 Å². The Balaban J connectivity index is 2.88. The molecule has 100 valence electrons. The van der Waals surface area contributed by atoms with Crippen LogP contribution >= 0.6 is 11.6 Å². The van der Waals surface area contributed by atoms with E-state index in [2.05, 4.69) is 5.32 Å². The van der Waals surface area contributed by atoms with Gasteiger partial charge < -0.3 is 10.0 Å². The lowest BCUT2D eigenvalue weighted by Gasteiger charge is -2.18. The van der Waals surface area contributed by atoms with E-state index >= 15 is 0 Å². The fourth-order valence-electron chi connectivity index (χ4n) is 1.53.